The minimum Gasteiger partial charge on any atom is -0.368 e. The van der Waals surface area contributed by atoms with Crippen molar-refractivity contribution in [2.75, 3.05) is 48.2 Å². The van der Waals surface area contributed by atoms with E-state index in [4.69, 9.17) is 23.2 Å². The van der Waals surface area contributed by atoms with Gasteiger partial charge >= 0.3 is 0 Å². The molecule has 1 fully saturated rings. The third-order valence-electron chi connectivity index (χ3n) is 4.68. The standard InChI is InChI=1S/C19H20Cl2FN3O3S/c1-29(27,28)25(18-7-2-14(20)12-17(18)21)13-19(26)24-10-8-23(9-11-24)16-5-3-15(22)4-6-16/h2-7,12H,8-11,13H2,1H3. The molecule has 10 heteroatoms. The van der Waals surface area contributed by atoms with Crippen LogP contribution in [0.2, 0.25) is 10.0 Å². The van der Waals surface area contributed by atoms with Crippen molar-refractivity contribution in [3.63, 3.8) is 0 Å². The first kappa shape index (κ1) is 21.7. The minimum atomic E-state index is -3.73. The van der Waals surface area contributed by atoms with Crippen LogP contribution in [0.4, 0.5) is 15.8 Å². The molecule has 0 unspecified atom stereocenters. The van der Waals surface area contributed by atoms with Crippen LogP contribution in [0.15, 0.2) is 42.5 Å². The van der Waals surface area contributed by atoms with Crippen LogP contribution in [-0.4, -0.2) is 58.2 Å². The minimum absolute atomic E-state index is 0.150. The van der Waals surface area contributed by atoms with Gasteiger partial charge in [-0.1, -0.05) is 23.2 Å². The topological polar surface area (TPSA) is 60.9 Å². The van der Waals surface area contributed by atoms with E-state index in [2.05, 4.69) is 0 Å². The Kier molecular flexibility index (Phi) is 6.55. The molecule has 3 rings (SSSR count). The number of piperazine rings is 1. The fourth-order valence-corrected chi connectivity index (χ4v) is 4.58. The molecule has 1 heterocycles. The second kappa shape index (κ2) is 8.77. The molecule has 0 N–H and O–H groups in total. The lowest BCUT2D eigenvalue weighted by atomic mass is 10.2. The SMILES string of the molecule is CS(=O)(=O)N(CC(=O)N1CCN(c2ccc(F)cc2)CC1)c1ccc(Cl)cc1Cl. The first-order chi connectivity index (χ1) is 13.6. The van der Waals surface area contributed by atoms with Crippen LogP contribution in [0.3, 0.4) is 0 Å². The van der Waals surface area contributed by atoms with Crippen molar-refractivity contribution >= 4 is 50.5 Å². The van der Waals surface area contributed by atoms with Gasteiger partial charge in [0, 0.05) is 36.9 Å². The summed E-state index contributed by atoms with van der Waals surface area (Å²) in [4.78, 5) is 16.4. The lowest BCUT2D eigenvalue weighted by Gasteiger charge is -2.37. The van der Waals surface area contributed by atoms with Crippen molar-refractivity contribution in [1.82, 2.24) is 4.90 Å². The van der Waals surface area contributed by atoms with Gasteiger partial charge < -0.3 is 9.80 Å². The normalized spacial score (nSPS) is 14.8. The number of hydrogen-bond acceptors (Lipinski definition) is 4. The monoisotopic (exact) mass is 459 g/mol. The number of nitrogens with zero attached hydrogens (tertiary/aromatic N) is 3. The van der Waals surface area contributed by atoms with Gasteiger partial charge in [0.1, 0.15) is 12.4 Å². The lowest BCUT2D eigenvalue weighted by Crippen LogP contribution is -2.52. The van der Waals surface area contributed by atoms with Gasteiger partial charge in [0.2, 0.25) is 15.9 Å². The lowest BCUT2D eigenvalue weighted by molar-refractivity contribution is -0.129. The van der Waals surface area contributed by atoms with Crippen molar-refractivity contribution in [1.29, 1.82) is 0 Å². The summed E-state index contributed by atoms with van der Waals surface area (Å²) in [6.45, 7) is 1.65. The number of anilines is 2. The molecule has 0 aliphatic carbocycles. The average molecular weight is 460 g/mol. The van der Waals surface area contributed by atoms with Crippen LogP contribution in [0, 0.1) is 5.82 Å². The zero-order chi connectivity index (χ0) is 21.2. The summed E-state index contributed by atoms with van der Waals surface area (Å²) in [5.74, 6) is -0.621. The van der Waals surface area contributed by atoms with Crippen LogP contribution < -0.4 is 9.21 Å². The van der Waals surface area contributed by atoms with E-state index in [-0.39, 0.29) is 29.0 Å². The van der Waals surface area contributed by atoms with Crippen LogP contribution in [-0.2, 0) is 14.8 Å². The summed E-state index contributed by atoms with van der Waals surface area (Å²) in [6, 6.07) is 10.6. The maximum atomic E-state index is 13.1. The van der Waals surface area contributed by atoms with E-state index in [0.29, 0.717) is 31.2 Å². The number of amides is 1. The molecule has 2 aromatic carbocycles. The molecule has 2 aromatic rings. The molecule has 0 atom stereocenters. The number of sulfonamides is 1. The largest absolute Gasteiger partial charge is 0.368 e. The Hall–Kier alpha value is -2.03. The van der Waals surface area contributed by atoms with Gasteiger partial charge in [0.05, 0.1) is 17.0 Å². The highest BCUT2D eigenvalue weighted by molar-refractivity contribution is 7.92. The smallest absolute Gasteiger partial charge is 0.243 e. The highest BCUT2D eigenvalue weighted by Gasteiger charge is 2.27. The molecule has 1 aliphatic heterocycles. The van der Waals surface area contributed by atoms with Crippen molar-refractivity contribution in [3.8, 4) is 0 Å². The van der Waals surface area contributed by atoms with E-state index >= 15 is 0 Å². The van der Waals surface area contributed by atoms with Gasteiger partial charge in [-0.3, -0.25) is 9.10 Å². The molecular weight excluding hydrogens is 440 g/mol. The highest BCUT2D eigenvalue weighted by Crippen LogP contribution is 2.30. The zero-order valence-electron chi connectivity index (χ0n) is 15.7. The molecule has 1 aliphatic rings. The molecular formula is C19H20Cl2FN3O3S. The Morgan fingerprint density at radius 3 is 2.24 bits per heavy atom. The van der Waals surface area contributed by atoms with Gasteiger partial charge in [-0.2, -0.15) is 0 Å². The highest BCUT2D eigenvalue weighted by atomic mass is 35.5. The average Bonchev–Trinajstić information content (AvgIpc) is 2.66. The van der Waals surface area contributed by atoms with Crippen molar-refractivity contribution < 1.29 is 17.6 Å². The fraction of sp³-hybridized carbons (Fsp3) is 0.316. The summed E-state index contributed by atoms with van der Waals surface area (Å²) in [6.07, 6.45) is 1.03. The maximum absolute atomic E-state index is 13.1. The number of benzene rings is 2. The van der Waals surface area contributed by atoms with E-state index in [1.807, 2.05) is 4.90 Å². The summed E-state index contributed by atoms with van der Waals surface area (Å²) >= 11 is 12.0. The van der Waals surface area contributed by atoms with Gasteiger partial charge in [0.15, 0.2) is 0 Å². The van der Waals surface area contributed by atoms with Gasteiger partial charge in [-0.15, -0.1) is 0 Å². The molecule has 156 valence electrons. The number of hydrogen-bond donors (Lipinski definition) is 0. The van der Waals surface area contributed by atoms with Crippen LogP contribution in [0.1, 0.15) is 0 Å². The van der Waals surface area contributed by atoms with Crippen LogP contribution in [0.25, 0.3) is 0 Å². The first-order valence-corrected chi connectivity index (χ1v) is 11.5. The van der Waals surface area contributed by atoms with E-state index in [9.17, 15) is 17.6 Å². The Balaban J connectivity index is 1.69. The zero-order valence-corrected chi connectivity index (χ0v) is 18.0. The predicted molar refractivity (Wildman–Crippen MR) is 114 cm³/mol. The number of carbonyl (C=O) groups excluding carboxylic acids is 1. The molecule has 1 saturated heterocycles. The third kappa shape index (κ3) is 5.32. The van der Waals surface area contributed by atoms with Crippen molar-refractivity contribution in [2.45, 2.75) is 0 Å². The number of carbonyl (C=O) groups is 1. The van der Waals surface area contributed by atoms with Crippen molar-refractivity contribution in [3.05, 3.63) is 58.3 Å². The maximum Gasteiger partial charge on any atom is 0.243 e. The molecule has 0 radical (unpaired) electrons. The Morgan fingerprint density at radius 2 is 1.69 bits per heavy atom. The second-order valence-electron chi connectivity index (χ2n) is 6.71. The Bertz CT molecular complexity index is 994. The second-order valence-corrected chi connectivity index (χ2v) is 9.46. The first-order valence-electron chi connectivity index (χ1n) is 8.86. The van der Waals surface area contributed by atoms with E-state index in [0.717, 1.165) is 16.2 Å². The third-order valence-corrected chi connectivity index (χ3v) is 6.35. The van der Waals surface area contributed by atoms with E-state index < -0.39 is 10.0 Å². The fourth-order valence-electron chi connectivity index (χ4n) is 3.15. The van der Waals surface area contributed by atoms with Crippen LogP contribution >= 0.6 is 23.2 Å². The van der Waals surface area contributed by atoms with Gasteiger partial charge in [-0.05, 0) is 42.5 Å². The molecule has 0 spiro atoms. The number of halogens is 3. The predicted octanol–water partition coefficient (Wildman–Crippen LogP) is 3.25. The molecule has 0 aromatic heterocycles. The van der Waals surface area contributed by atoms with Gasteiger partial charge in [-0.25, -0.2) is 12.8 Å². The quantitative estimate of drug-likeness (QED) is 0.688. The molecule has 1 amide bonds. The molecule has 29 heavy (non-hydrogen) atoms. The van der Waals surface area contributed by atoms with Crippen LogP contribution in [0.5, 0.6) is 0 Å². The summed E-state index contributed by atoms with van der Waals surface area (Å²) in [5.41, 5.74) is 1.08. The van der Waals surface area contributed by atoms with E-state index in [1.54, 1.807) is 17.0 Å². The van der Waals surface area contributed by atoms with Crippen molar-refractivity contribution in [2.24, 2.45) is 0 Å². The molecule has 6 nitrogen and oxygen atoms in total. The van der Waals surface area contributed by atoms with E-state index in [1.165, 1.54) is 30.3 Å². The Morgan fingerprint density at radius 1 is 1.07 bits per heavy atom. The summed E-state index contributed by atoms with van der Waals surface area (Å²) < 4.78 is 38.6. The molecule has 0 saturated carbocycles. The Labute approximate surface area is 179 Å². The molecule has 0 bridgehead atoms. The number of rotatable bonds is 5. The van der Waals surface area contributed by atoms with Gasteiger partial charge in [0.25, 0.3) is 0 Å². The summed E-state index contributed by atoms with van der Waals surface area (Å²) in [5, 5.41) is 0.521. The summed E-state index contributed by atoms with van der Waals surface area (Å²) in [7, 11) is -3.73.